The molecule has 0 aliphatic carbocycles. The van der Waals surface area contributed by atoms with Gasteiger partial charge < -0.3 is 9.15 Å². The van der Waals surface area contributed by atoms with Crippen LogP contribution in [-0.4, -0.2) is 31.8 Å². The Hall–Kier alpha value is -1.54. The molecule has 0 radical (unpaired) electrons. The van der Waals surface area contributed by atoms with Crippen molar-refractivity contribution in [3.05, 3.63) is 51.9 Å². The van der Waals surface area contributed by atoms with Gasteiger partial charge in [0.1, 0.15) is 16.9 Å². The van der Waals surface area contributed by atoms with Crippen molar-refractivity contribution in [2.24, 2.45) is 0 Å². The van der Waals surface area contributed by atoms with Crippen LogP contribution in [0, 0.1) is 0 Å². The first-order valence-electron chi connectivity index (χ1n) is 7.50. The number of furan rings is 1. The minimum absolute atomic E-state index is 0.0395. The van der Waals surface area contributed by atoms with Crippen molar-refractivity contribution in [1.82, 2.24) is 4.31 Å². The Labute approximate surface area is 156 Å². The van der Waals surface area contributed by atoms with Gasteiger partial charge in [0.05, 0.1) is 28.8 Å². The molecule has 0 atom stereocenters. The van der Waals surface area contributed by atoms with Gasteiger partial charge in [-0.2, -0.15) is 4.31 Å². The van der Waals surface area contributed by atoms with Crippen molar-refractivity contribution in [3.8, 4) is 0 Å². The van der Waals surface area contributed by atoms with Gasteiger partial charge >= 0.3 is 5.97 Å². The molecule has 6 nitrogen and oxygen atoms in total. The summed E-state index contributed by atoms with van der Waals surface area (Å²) in [4.78, 5) is 11.5. The van der Waals surface area contributed by atoms with Crippen LogP contribution in [-0.2, 0) is 21.3 Å². The highest BCUT2D eigenvalue weighted by molar-refractivity contribution is 7.89. The zero-order valence-electron chi connectivity index (χ0n) is 13.7. The molecular weight excluding hydrogens is 389 g/mol. The topological polar surface area (TPSA) is 76.8 Å². The molecule has 0 fully saturated rings. The fourth-order valence-corrected chi connectivity index (χ4v) is 4.69. The highest BCUT2D eigenvalue weighted by Gasteiger charge is 2.29. The summed E-state index contributed by atoms with van der Waals surface area (Å²) in [5.41, 5.74) is 0.223. The molecule has 0 aliphatic rings. The predicted octanol–water partition coefficient (Wildman–Crippen LogP) is 3.97. The molecule has 136 valence electrons. The molecule has 0 unspecified atom stereocenters. The van der Waals surface area contributed by atoms with Gasteiger partial charge in [0, 0.05) is 6.54 Å². The largest absolute Gasteiger partial charge is 0.467 e. The summed E-state index contributed by atoms with van der Waals surface area (Å²) in [7, 11) is -3.94. The molecule has 1 heterocycles. The van der Waals surface area contributed by atoms with E-state index in [-0.39, 0.29) is 40.2 Å². The molecule has 2 aromatic rings. The number of hydrogen-bond donors (Lipinski definition) is 0. The Morgan fingerprint density at radius 2 is 1.88 bits per heavy atom. The van der Waals surface area contributed by atoms with Crippen LogP contribution in [0.5, 0.6) is 0 Å². The fraction of sp³-hybridized carbons (Fsp3) is 0.312. The van der Waals surface area contributed by atoms with Crippen molar-refractivity contribution >= 4 is 39.2 Å². The summed E-state index contributed by atoms with van der Waals surface area (Å²) in [6.07, 6.45) is 1.23. The molecule has 9 heteroatoms. The lowest BCUT2D eigenvalue weighted by atomic mass is 10.3. The maximum atomic E-state index is 12.9. The third kappa shape index (κ3) is 4.36. The zero-order valence-corrected chi connectivity index (χ0v) is 16.0. The van der Waals surface area contributed by atoms with Gasteiger partial charge in [-0.25, -0.2) is 13.2 Å². The highest BCUT2D eigenvalue weighted by atomic mass is 35.5. The minimum atomic E-state index is -3.94. The Kier molecular flexibility index (Phi) is 6.51. The van der Waals surface area contributed by atoms with Crippen LogP contribution >= 0.6 is 23.2 Å². The number of benzene rings is 1. The summed E-state index contributed by atoms with van der Waals surface area (Å²) >= 11 is 12.0. The molecule has 0 spiro atoms. The van der Waals surface area contributed by atoms with E-state index in [4.69, 9.17) is 32.4 Å². The van der Waals surface area contributed by atoms with Crippen molar-refractivity contribution < 1.29 is 22.4 Å². The number of ether oxygens (including phenoxy) is 1. The molecule has 1 aromatic heterocycles. The minimum Gasteiger partial charge on any atom is -0.467 e. The Bertz CT molecular complexity index is 843. The number of halogens is 2. The lowest BCUT2D eigenvalue weighted by Crippen LogP contribution is -2.30. The van der Waals surface area contributed by atoms with Crippen LogP contribution < -0.4 is 0 Å². The third-order valence-corrected chi connectivity index (χ3v) is 6.24. The standard InChI is InChI=1S/C16H17Cl2NO5S/c1-3-19(9-12-8-11(10-24-12)16(20)23-4-2)25(21,22)15-13(17)6-5-7-14(15)18/h5-8,10H,3-4,9H2,1-2H3. The lowest BCUT2D eigenvalue weighted by molar-refractivity contribution is 0.0525. The van der Waals surface area contributed by atoms with Gasteiger partial charge in [-0.05, 0) is 25.1 Å². The SMILES string of the molecule is CCOC(=O)c1coc(CN(CC)S(=O)(=O)c2c(Cl)cccc2Cl)c1. The summed E-state index contributed by atoms with van der Waals surface area (Å²) in [5.74, 6) is -0.228. The van der Waals surface area contributed by atoms with E-state index in [9.17, 15) is 13.2 Å². The average Bonchev–Trinajstić information content (AvgIpc) is 3.01. The van der Waals surface area contributed by atoms with E-state index in [1.807, 2.05) is 0 Å². The van der Waals surface area contributed by atoms with Gasteiger partial charge in [-0.3, -0.25) is 0 Å². The quantitative estimate of drug-likeness (QED) is 0.651. The fourth-order valence-electron chi connectivity index (χ4n) is 2.18. The average molecular weight is 406 g/mol. The predicted molar refractivity (Wildman–Crippen MR) is 94.4 cm³/mol. The maximum Gasteiger partial charge on any atom is 0.341 e. The van der Waals surface area contributed by atoms with Crippen LogP contribution in [0.2, 0.25) is 10.0 Å². The molecule has 1 aromatic carbocycles. The number of carbonyl (C=O) groups excluding carboxylic acids is 1. The van der Waals surface area contributed by atoms with Crippen molar-refractivity contribution in [2.45, 2.75) is 25.3 Å². The number of nitrogens with zero attached hydrogens (tertiary/aromatic N) is 1. The molecule has 0 amide bonds. The maximum absolute atomic E-state index is 12.9. The number of rotatable bonds is 7. The lowest BCUT2D eigenvalue weighted by Gasteiger charge is -2.20. The van der Waals surface area contributed by atoms with Crippen LogP contribution in [0.3, 0.4) is 0 Å². The number of hydrogen-bond acceptors (Lipinski definition) is 5. The van der Waals surface area contributed by atoms with E-state index in [2.05, 4.69) is 0 Å². The Morgan fingerprint density at radius 1 is 1.24 bits per heavy atom. The van der Waals surface area contributed by atoms with Gasteiger partial charge in [-0.1, -0.05) is 36.2 Å². The van der Waals surface area contributed by atoms with Crippen molar-refractivity contribution in [2.75, 3.05) is 13.2 Å². The summed E-state index contributed by atoms with van der Waals surface area (Å²) in [5, 5.41) is 0.0789. The van der Waals surface area contributed by atoms with E-state index >= 15 is 0 Å². The van der Waals surface area contributed by atoms with Crippen LogP contribution in [0.4, 0.5) is 0 Å². The van der Waals surface area contributed by atoms with E-state index < -0.39 is 16.0 Å². The second-order valence-corrected chi connectivity index (χ2v) is 7.69. The Balaban J connectivity index is 2.29. The molecular formula is C16H17Cl2NO5S. The summed E-state index contributed by atoms with van der Waals surface area (Å²) in [6, 6.07) is 5.93. The molecule has 2 rings (SSSR count). The van der Waals surface area contributed by atoms with Gasteiger partial charge in [0.2, 0.25) is 10.0 Å². The number of carbonyl (C=O) groups is 1. The van der Waals surface area contributed by atoms with Crippen LogP contribution in [0.15, 0.2) is 39.8 Å². The van der Waals surface area contributed by atoms with Crippen molar-refractivity contribution in [1.29, 1.82) is 0 Å². The normalized spacial score (nSPS) is 11.7. The van der Waals surface area contributed by atoms with E-state index in [0.717, 1.165) is 4.31 Å². The first-order chi connectivity index (χ1) is 11.8. The first-order valence-corrected chi connectivity index (χ1v) is 9.69. The Morgan fingerprint density at radius 3 is 2.44 bits per heavy atom. The second kappa shape index (κ2) is 8.23. The molecule has 0 bridgehead atoms. The van der Waals surface area contributed by atoms with E-state index in [1.54, 1.807) is 19.9 Å². The molecule has 0 N–H and O–H groups in total. The monoisotopic (exact) mass is 405 g/mol. The second-order valence-electron chi connectivity index (χ2n) is 5.00. The zero-order chi connectivity index (χ0) is 18.6. The smallest absolute Gasteiger partial charge is 0.341 e. The van der Waals surface area contributed by atoms with Gasteiger partial charge in [-0.15, -0.1) is 0 Å². The number of sulfonamides is 1. The van der Waals surface area contributed by atoms with E-state index in [0.29, 0.717) is 5.76 Å². The number of esters is 1. The molecule has 0 saturated heterocycles. The van der Waals surface area contributed by atoms with Crippen LogP contribution in [0.25, 0.3) is 0 Å². The van der Waals surface area contributed by atoms with Crippen molar-refractivity contribution in [3.63, 3.8) is 0 Å². The van der Waals surface area contributed by atoms with Gasteiger partial charge in [0.25, 0.3) is 0 Å². The molecule has 0 aliphatic heterocycles. The third-order valence-electron chi connectivity index (χ3n) is 3.37. The molecule has 0 saturated carbocycles. The van der Waals surface area contributed by atoms with Crippen LogP contribution in [0.1, 0.15) is 30.0 Å². The highest BCUT2D eigenvalue weighted by Crippen LogP contribution is 2.32. The molecule has 25 heavy (non-hydrogen) atoms. The summed E-state index contributed by atoms with van der Waals surface area (Å²) < 4.78 is 37.1. The first kappa shape index (κ1) is 19.8. The van der Waals surface area contributed by atoms with Gasteiger partial charge in [0.15, 0.2) is 0 Å². The van der Waals surface area contributed by atoms with E-state index in [1.165, 1.54) is 24.5 Å². The summed E-state index contributed by atoms with van der Waals surface area (Å²) in [6.45, 7) is 3.70.